The van der Waals surface area contributed by atoms with Crippen LogP contribution in [0.4, 0.5) is 0 Å². The zero-order valence-electron chi connectivity index (χ0n) is 10.9. The summed E-state index contributed by atoms with van der Waals surface area (Å²) in [6.45, 7) is 3.57. The van der Waals surface area contributed by atoms with Crippen LogP contribution in [0.15, 0.2) is 48.5 Å². The lowest BCUT2D eigenvalue weighted by Gasteiger charge is -1.98. The fourth-order valence-electron chi connectivity index (χ4n) is 2.28. The van der Waals surface area contributed by atoms with Gasteiger partial charge in [-0.2, -0.15) is 9.78 Å². The van der Waals surface area contributed by atoms with E-state index in [-0.39, 0.29) is 5.91 Å². The lowest BCUT2D eigenvalue weighted by atomic mass is 10.1. The van der Waals surface area contributed by atoms with E-state index in [1.165, 1.54) is 11.6 Å². The fraction of sp³-hybridized carbons (Fsp3) is 0.125. The van der Waals surface area contributed by atoms with Gasteiger partial charge in [0.05, 0.1) is 5.52 Å². The summed E-state index contributed by atoms with van der Waals surface area (Å²) in [5.41, 5.74) is 3.90. The SMILES string of the molecule is CC(=O)n1nc(-c2ccccc2)c2cc(C)ccc21. The Hall–Kier alpha value is -2.42. The van der Waals surface area contributed by atoms with Crippen LogP contribution in [0.5, 0.6) is 0 Å². The molecule has 0 atom stereocenters. The van der Waals surface area contributed by atoms with Crippen LogP contribution in [-0.2, 0) is 0 Å². The molecule has 0 saturated carbocycles. The summed E-state index contributed by atoms with van der Waals surface area (Å²) in [5, 5.41) is 5.48. The van der Waals surface area contributed by atoms with Gasteiger partial charge in [-0.15, -0.1) is 0 Å². The molecule has 0 fully saturated rings. The van der Waals surface area contributed by atoms with Crippen molar-refractivity contribution in [1.29, 1.82) is 0 Å². The molecule has 0 saturated heterocycles. The first kappa shape index (κ1) is 11.7. The van der Waals surface area contributed by atoms with E-state index in [0.29, 0.717) is 0 Å². The van der Waals surface area contributed by atoms with Gasteiger partial charge in [0, 0.05) is 17.9 Å². The van der Waals surface area contributed by atoms with Crippen LogP contribution in [0.1, 0.15) is 17.3 Å². The molecule has 0 aliphatic rings. The number of aromatic nitrogens is 2. The van der Waals surface area contributed by atoms with Crippen LogP contribution in [0, 0.1) is 6.92 Å². The Kier molecular flexibility index (Phi) is 2.67. The van der Waals surface area contributed by atoms with E-state index >= 15 is 0 Å². The molecule has 0 spiro atoms. The molecule has 3 rings (SSSR count). The third kappa shape index (κ3) is 1.93. The van der Waals surface area contributed by atoms with Crippen molar-refractivity contribution >= 4 is 16.8 Å². The second-order valence-electron chi connectivity index (χ2n) is 4.67. The Bertz CT molecular complexity index is 757. The Morgan fingerprint density at radius 2 is 1.84 bits per heavy atom. The number of carbonyl (C=O) groups is 1. The average Bonchev–Trinajstić information content (AvgIpc) is 2.78. The second kappa shape index (κ2) is 4.35. The summed E-state index contributed by atoms with van der Waals surface area (Å²) in [5.74, 6) is -0.0731. The Labute approximate surface area is 111 Å². The number of aryl methyl sites for hydroxylation is 1. The minimum absolute atomic E-state index is 0.0731. The van der Waals surface area contributed by atoms with E-state index in [9.17, 15) is 4.79 Å². The van der Waals surface area contributed by atoms with E-state index in [4.69, 9.17) is 0 Å². The van der Waals surface area contributed by atoms with Crippen LogP contribution in [-0.4, -0.2) is 15.7 Å². The van der Waals surface area contributed by atoms with Crippen LogP contribution < -0.4 is 0 Å². The van der Waals surface area contributed by atoms with Gasteiger partial charge in [0.15, 0.2) is 0 Å². The van der Waals surface area contributed by atoms with Gasteiger partial charge < -0.3 is 0 Å². The van der Waals surface area contributed by atoms with Crippen molar-refractivity contribution in [1.82, 2.24) is 9.78 Å². The van der Waals surface area contributed by atoms with Gasteiger partial charge in [-0.25, -0.2) is 0 Å². The number of fused-ring (bicyclic) bond motifs is 1. The zero-order valence-corrected chi connectivity index (χ0v) is 10.9. The molecule has 1 aromatic heterocycles. The quantitative estimate of drug-likeness (QED) is 0.660. The van der Waals surface area contributed by atoms with E-state index < -0.39 is 0 Å². The van der Waals surface area contributed by atoms with E-state index in [0.717, 1.165) is 27.7 Å². The zero-order chi connectivity index (χ0) is 13.4. The molecule has 19 heavy (non-hydrogen) atoms. The maximum Gasteiger partial charge on any atom is 0.244 e. The molecule has 94 valence electrons. The average molecular weight is 250 g/mol. The normalized spacial score (nSPS) is 10.8. The summed E-state index contributed by atoms with van der Waals surface area (Å²) >= 11 is 0. The lowest BCUT2D eigenvalue weighted by molar-refractivity contribution is 0.0927. The topological polar surface area (TPSA) is 34.9 Å². The second-order valence-corrected chi connectivity index (χ2v) is 4.67. The van der Waals surface area contributed by atoms with Crippen molar-refractivity contribution < 1.29 is 4.79 Å². The van der Waals surface area contributed by atoms with Gasteiger partial charge in [-0.05, 0) is 19.1 Å². The molecular weight excluding hydrogens is 236 g/mol. The number of hydrogen-bond donors (Lipinski definition) is 0. The number of rotatable bonds is 1. The summed E-state index contributed by atoms with van der Waals surface area (Å²) in [6.07, 6.45) is 0. The molecule has 0 radical (unpaired) electrons. The third-order valence-corrected chi connectivity index (χ3v) is 3.18. The van der Waals surface area contributed by atoms with E-state index in [1.807, 2.05) is 49.4 Å². The summed E-state index contributed by atoms with van der Waals surface area (Å²) in [4.78, 5) is 11.7. The third-order valence-electron chi connectivity index (χ3n) is 3.18. The van der Waals surface area contributed by atoms with Crippen LogP contribution in [0.25, 0.3) is 22.2 Å². The van der Waals surface area contributed by atoms with Gasteiger partial charge in [0.2, 0.25) is 5.91 Å². The minimum atomic E-state index is -0.0731. The van der Waals surface area contributed by atoms with Crippen molar-refractivity contribution in [3.63, 3.8) is 0 Å². The standard InChI is InChI=1S/C16H14N2O/c1-11-8-9-15-14(10-11)16(17-18(15)12(2)19)13-6-4-3-5-7-13/h3-10H,1-2H3. The van der Waals surface area contributed by atoms with Gasteiger partial charge in [0.25, 0.3) is 0 Å². The molecule has 0 aliphatic heterocycles. The largest absolute Gasteiger partial charge is 0.273 e. The fourth-order valence-corrected chi connectivity index (χ4v) is 2.28. The first-order chi connectivity index (χ1) is 9.16. The smallest absolute Gasteiger partial charge is 0.244 e. The minimum Gasteiger partial charge on any atom is -0.273 e. The number of benzene rings is 2. The van der Waals surface area contributed by atoms with Gasteiger partial charge >= 0.3 is 0 Å². The van der Waals surface area contributed by atoms with E-state index in [1.54, 1.807) is 0 Å². The van der Waals surface area contributed by atoms with Crippen LogP contribution in [0.3, 0.4) is 0 Å². The molecule has 3 aromatic rings. The highest BCUT2D eigenvalue weighted by atomic mass is 16.2. The molecule has 2 aromatic carbocycles. The first-order valence-corrected chi connectivity index (χ1v) is 6.22. The molecule has 0 aliphatic carbocycles. The molecule has 3 heteroatoms. The molecule has 0 N–H and O–H groups in total. The Balaban J connectivity index is 2.36. The summed E-state index contributed by atoms with van der Waals surface area (Å²) < 4.78 is 1.47. The van der Waals surface area contributed by atoms with Crippen molar-refractivity contribution in [2.24, 2.45) is 0 Å². The maximum atomic E-state index is 11.7. The number of hydrogen-bond acceptors (Lipinski definition) is 2. The first-order valence-electron chi connectivity index (χ1n) is 6.22. The Morgan fingerprint density at radius 3 is 2.53 bits per heavy atom. The van der Waals surface area contributed by atoms with Crippen LogP contribution >= 0.6 is 0 Å². The van der Waals surface area contributed by atoms with Crippen molar-refractivity contribution in [3.05, 3.63) is 54.1 Å². The monoisotopic (exact) mass is 250 g/mol. The van der Waals surface area contributed by atoms with Crippen molar-refractivity contribution in [3.8, 4) is 11.3 Å². The Morgan fingerprint density at radius 1 is 1.11 bits per heavy atom. The predicted octanol–water partition coefficient (Wildman–Crippen LogP) is 3.67. The van der Waals surface area contributed by atoms with Crippen molar-refractivity contribution in [2.75, 3.05) is 0 Å². The molecule has 0 unspecified atom stereocenters. The van der Waals surface area contributed by atoms with Crippen molar-refractivity contribution in [2.45, 2.75) is 13.8 Å². The highest BCUT2D eigenvalue weighted by molar-refractivity contribution is 5.98. The molecule has 0 bridgehead atoms. The summed E-state index contributed by atoms with van der Waals surface area (Å²) in [7, 11) is 0. The summed E-state index contributed by atoms with van der Waals surface area (Å²) in [6, 6.07) is 16.0. The maximum absolute atomic E-state index is 11.7. The lowest BCUT2D eigenvalue weighted by Crippen LogP contribution is -2.06. The molecule has 3 nitrogen and oxygen atoms in total. The van der Waals surface area contributed by atoms with Gasteiger partial charge in [-0.3, -0.25) is 4.79 Å². The number of nitrogens with zero attached hydrogens (tertiary/aromatic N) is 2. The van der Waals surface area contributed by atoms with Gasteiger partial charge in [0.1, 0.15) is 5.69 Å². The van der Waals surface area contributed by atoms with Crippen LogP contribution in [0.2, 0.25) is 0 Å². The molecule has 1 heterocycles. The highest BCUT2D eigenvalue weighted by Crippen LogP contribution is 2.28. The van der Waals surface area contributed by atoms with E-state index in [2.05, 4.69) is 11.2 Å². The van der Waals surface area contributed by atoms with Gasteiger partial charge in [-0.1, -0.05) is 42.0 Å². The number of carbonyl (C=O) groups excluding carboxylic acids is 1. The molecule has 0 amide bonds. The predicted molar refractivity (Wildman–Crippen MR) is 76.2 cm³/mol. The highest BCUT2D eigenvalue weighted by Gasteiger charge is 2.14. The molecular formula is C16H14N2O.